The number of carbonyl (C=O) groups excluding carboxylic acids is 1. The first kappa shape index (κ1) is 18.9. The zero-order valence-electron chi connectivity index (χ0n) is 14.5. The van der Waals surface area contributed by atoms with Crippen molar-refractivity contribution in [2.45, 2.75) is 63.3 Å². The summed E-state index contributed by atoms with van der Waals surface area (Å²) in [6.45, 7) is 4.45. The summed E-state index contributed by atoms with van der Waals surface area (Å²) >= 11 is 0. The van der Waals surface area contributed by atoms with Crippen molar-refractivity contribution in [2.24, 2.45) is 5.92 Å². The normalized spacial score (nSPS) is 17.4. The summed E-state index contributed by atoms with van der Waals surface area (Å²) in [5.41, 5.74) is 0.494. The third-order valence-electron chi connectivity index (χ3n) is 4.67. The van der Waals surface area contributed by atoms with Crippen molar-refractivity contribution in [3.8, 4) is 0 Å². The Balaban J connectivity index is 1.94. The summed E-state index contributed by atoms with van der Waals surface area (Å²) < 4.78 is 27.0. The van der Waals surface area contributed by atoms with Crippen LogP contribution in [0.2, 0.25) is 0 Å². The number of benzene rings is 1. The van der Waals surface area contributed by atoms with Crippen molar-refractivity contribution in [2.75, 3.05) is 6.54 Å². The number of carbonyl (C=O) groups is 1. The molecule has 0 saturated heterocycles. The number of sulfonamides is 1. The van der Waals surface area contributed by atoms with Gasteiger partial charge in [0.25, 0.3) is 5.91 Å². The molecule has 0 heterocycles. The lowest BCUT2D eigenvalue weighted by atomic mass is 9.89. The van der Waals surface area contributed by atoms with E-state index in [-0.39, 0.29) is 16.8 Å². The van der Waals surface area contributed by atoms with E-state index in [4.69, 9.17) is 0 Å². The maximum absolute atomic E-state index is 12.2. The molecular formula is C18H28N2O3S. The van der Waals surface area contributed by atoms with Gasteiger partial charge < -0.3 is 5.32 Å². The van der Waals surface area contributed by atoms with Crippen molar-refractivity contribution in [3.05, 3.63) is 29.8 Å². The van der Waals surface area contributed by atoms with E-state index >= 15 is 0 Å². The van der Waals surface area contributed by atoms with Gasteiger partial charge in [-0.3, -0.25) is 4.79 Å². The van der Waals surface area contributed by atoms with Gasteiger partial charge in [0.05, 0.1) is 4.90 Å². The van der Waals surface area contributed by atoms with Crippen LogP contribution in [0.4, 0.5) is 0 Å². The Kier molecular flexibility index (Phi) is 6.80. The Morgan fingerprint density at radius 3 is 2.38 bits per heavy atom. The smallest absolute Gasteiger partial charge is 0.251 e. The van der Waals surface area contributed by atoms with Gasteiger partial charge >= 0.3 is 0 Å². The van der Waals surface area contributed by atoms with Crippen LogP contribution < -0.4 is 10.0 Å². The van der Waals surface area contributed by atoms with Crippen molar-refractivity contribution in [3.63, 3.8) is 0 Å². The Labute approximate surface area is 145 Å². The van der Waals surface area contributed by atoms with Gasteiger partial charge in [0.1, 0.15) is 0 Å². The molecule has 1 atom stereocenters. The molecule has 0 aromatic heterocycles. The molecule has 0 radical (unpaired) electrons. The Bertz CT molecular complexity index is 635. The quantitative estimate of drug-likeness (QED) is 0.792. The molecular weight excluding hydrogens is 324 g/mol. The molecule has 2 N–H and O–H groups in total. The monoisotopic (exact) mass is 352 g/mol. The standard InChI is InChI=1S/C18H28N2O3S/c1-3-14(2)20-24(22,23)17-11-9-16(10-12-17)18(21)19-13-15-7-5-4-6-8-15/h9-12,14-15,20H,3-8,13H2,1-2H3,(H,19,21). The summed E-state index contributed by atoms with van der Waals surface area (Å²) in [5, 5.41) is 2.96. The fourth-order valence-electron chi connectivity index (χ4n) is 2.93. The molecule has 1 aliphatic carbocycles. The molecule has 24 heavy (non-hydrogen) atoms. The van der Waals surface area contributed by atoms with Crippen molar-refractivity contribution >= 4 is 15.9 Å². The molecule has 6 heteroatoms. The summed E-state index contributed by atoms with van der Waals surface area (Å²) in [6, 6.07) is 6.00. The van der Waals surface area contributed by atoms with Gasteiger partial charge in [-0.1, -0.05) is 26.2 Å². The Morgan fingerprint density at radius 2 is 1.79 bits per heavy atom. The first-order chi connectivity index (χ1) is 11.4. The molecule has 134 valence electrons. The predicted octanol–water partition coefficient (Wildman–Crippen LogP) is 3.07. The molecule has 1 amide bonds. The van der Waals surface area contributed by atoms with Crippen LogP contribution in [-0.4, -0.2) is 26.9 Å². The summed E-state index contributed by atoms with van der Waals surface area (Å²) in [7, 11) is -3.53. The number of amides is 1. The highest BCUT2D eigenvalue weighted by Gasteiger charge is 2.18. The summed E-state index contributed by atoms with van der Waals surface area (Å²) in [5.74, 6) is 0.432. The highest BCUT2D eigenvalue weighted by molar-refractivity contribution is 7.89. The summed E-state index contributed by atoms with van der Waals surface area (Å²) in [4.78, 5) is 12.4. The molecule has 0 bridgehead atoms. The van der Waals surface area contributed by atoms with Crippen molar-refractivity contribution in [1.29, 1.82) is 0 Å². The first-order valence-corrected chi connectivity index (χ1v) is 10.3. The molecule has 1 unspecified atom stereocenters. The maximum atomic E-state index is 12.2. The van der Waals surface area contributed by atoms with E-state index in [1.165, 1.54) is 44.2 Å². The van der Waals surface area contributed by atoms with Crippen molar-refractivity contribution in [1.82, 2.24) is 10.0 Å². The van der Waals surface area contributed by atoms with Crippen molar-refractivity contribution < 1.29 is 13.2 Å². The lowest BCUT2D eigenvalue weighted by Gasteiger charge is -2.21. The number of hydrogen-bond acceptors (Lipinski definition) is 3. The van der Waals surface area contributed by atoms with Crippen LogP contribution in [-0.2, 0) is 10.0 Å². The minimum absolute atomic E-state index is 0.117. The van der Waals surface area contributed by atoms with Gasteiger partial charge in [0.15, 0.2) is 0 Å². The molecule has 1 saturated carbocycles. The SMILES string of the molecule is CCC(C)NS(=O)(=O)c1ccc(C(=O)NCC2CCCCC2)cc1. The predicted molar refractivity (Wildman–Crippen MR) is 95.4 cm³/mol. The number of nitrogens with one attached hydrogen (secondary N) is 2. The molecule has 2 rings (SSSR count). The number of hydrogen-bond donors (Lipinski definition) is 2. The van der Waals surface area contributed by atoms with Crippen LogP contribution in [0.25, 0.3) is 0 Å². The van der Waals surface area contributed by atoms with Gasteiger partial charge in [-0.05, 0) is 56.4 Å². The third-order valence-corrected chi connectivity index (χ3v) is 6.28. The minimum atomic E-state index is -3.53. The molecule has 1 aromatic rings. The molecule has 0 spiro atoms. The zero-order valence-corrected chi connectivity index (χ0v) is 15.4. The van der Waals surface area contributed by atoms with Crippen LogP contribution in [0.15, 0.2) is 29.2 Å². The van der Waals surface area contributed by atoms with Crippen LogP contribution in [0.5, 0.6) is 0 Å². The second-order valence-electron chi connectivity index (χ2n) is 6.67. The van der Waals surface area contributed by atoms with Crippen LogP contribution in [0.3, 0.4) is 0 Å². The van der Waals surface area contributed by atoms with Gasteiger partial charge in [-0.2, -0.15) is 0 Å². The average molecular weight is 353 g/mol. The Morgan fingerprint density at radius 1 is 1.17 bits per heavy atom. The van der Waals surface area contributed by atoms with Crippen LogP contribution in [0.1, 0.15) is 62.7 Å². The third kappa shape index (κ3) is 5.31. The van der Waals surface area contributed by atoms with E-state index in [1.54, 1.807) is 12.1 Å². The van der Waals surface area contributed by atoms with Gasteiger partial charge in [-0.15, -0.1) is 0 Å². The molecule has 1 fully saturated rings. The lowest BCUT2D eigenvalue weighted by molar-refractivity contribution is 0.0943. The fourth-order valence-corrected chi connectivity index (χ4v) is 4.26. The Hall–Kier alpha value is -1.40. The lowest BCUT2D eigenvalue weighted by Crippen LogP contribution is -2.32. The second kappa shape index (κ2) is 8.62. The highest BCUT2D eigenvalue weighted by atomic mass is 32.2. The summed E-state index contributed by atoms with van der Waals surface area (Å²) in [6.07, 6.45) is 6.87. The van der Waals surface area contributed by atoms with E-state index in [0.29, 0.717) is 18.0 Å². The van der Waals surface area contributed by atoms with Crippen LogP contribution in [0, 0.1) is 5.92 Å². The fraction of sp³-hybridized carbons (Fsp3) is 0.611. The molecule has 0 aliphatic heterocycles. The first-order valence-electron chi connectivity index (χ1n) is 8.83. The highest BCUT2D eigenvalue weighted by Crippen LogP contribution is 2.22. The zero-order chi connectivity index (χ0) is 17.6. The molecule has 1 aliphatic rings. The van der Waals surface area contributed by atoms with E-state index in [9.17, 15) is 13.2 Å². The van der Waals surface area contributed by atoms with E-state index in [2.05, 4.69) is 10.0 Å². The average Bonchev–Trinajstić information content (AvgIpc) is 2.60. The largest absolute Gasteiger partial charge is 0.352 e. The maximum Gasteiger partial charge on any atom is 0.251 e. The van der Waals surface area contributed by atoms with Gasteiger partial charge in [0, 0.05) is 18.2 Å². The topological polar surface area (TPSA) is 75.3 Å². The number of rotatable bonds is 7. The minimum Gasteiger partial charge on any atom is -0.352 e. The second-order valence-corrected chi connectivity index (χ2v) is 8.38. The van der Waals surface area contributed by atoms with Gasteiger partial charge in [-0.25, -0.2) is 13.1 Å². The van der Waals surface area contributed by atoms with E-state index in [1.807, 2.05) is 13.8 Å². The van der Waals surface area contributed by atoms with E-state index < -0.39 is 10.0 Å². The van der Waals surface area contributed by atoms with E-state index in [0.717, 1.165) is 6.42 Å². The van der Waals surface area contributed by atoms with Gasteiger partial charge in [0.2, 0.25) is 10.0 Å². The molecule has 5 nitrogen and oxygen atoms in total. The molecule has 1 aromatic carbocycles. The van der Waals surface area contributed by atoms with Crippen LogP contribution >= 0.6 is 0 Å².